The van der Waals surface area contributed by atoms with Crippen molar-refractivity contribution in [3.05, 3.63) is 63.7 Å². The molecule has 3 aromatic heterocycles. The zero-order chi connectivity index (χ0) is 23.4. The van der Waals surface area contributed by atoms with Crippen molar-refractivity contribution < 1.29 is 8.42 Å². The summed E-state index contributed by atoms with van der Waals surface area (Å²) in [6.07, 6.45) is 9.40. The SMILES string of the molecule is Cc1cnn(CCCNS(=O)(=O)c2cc(Br)cnc2N2CCC(c3ncccc3Cl)CC2)c1. The number of aryl methyl sites for hydroxylation is 2. The first kappa shape index (κ1) is 24.1. The summed E-state index contributed by atoms with van der Waals surface area (Å²) in [4.78, 5) is 11.1. The second kappa shape index (κ2) is 10.5. The molecular weight excluding hydrogens is 528 g/mol. The van der Waals surface area contributed by atoms with Gasteiger partial charge in [0.2, 0.25) is 10.0 Å². The fourth-order valence-electron chi connectivity index (χ4n) is 4.03. The van der Waals surface area contributed by atoms with E-state index in [1.807, 2.05) is 34.8 Å². The molecule has 0 atom stereocenters. The van der Waals surface area contributed by atoms with Gasteiger partial charge in [-0.25, -0.2) is 18.1 Å². The third-order valence-electron chi connectivity index (χ3n) is 5.68. The number of aromatic nitrogens is 4. The fourth-order valence-corrected chi connectivity index (χ4v) is 6.06. The van der Waals surface area contributed by atoms with Crippen LogP contribution >= 0.6 is 27.5 Å². The summed E-state index contributed by atoms with van der Waals surface area (Å²) in [7, 11) is -3.73. The molecule has 3 aromatic rings. The van der Waals surface area contributed by atoms with E-state index in [1.165, 1.54) is 0 Å². The number of hydrogen-bond acceptors (Lipinski definition) is 6. The molecule has 1 fully saturated rings. The lowest BCUT2D eigenvalue weighted by Crippen LogP contribution is -2.36. The van der Waals surface area contributed by atoms with E-state index < -0.39 is 10.0 Å². The van der Waals surface area contributed by atoms with Crippen LogP contribution in [0.3, 0.4) is 0 Å². The molecule has 176 valence electrons. The molecule has 0 radical (unpaired) electrons. The van der Waals surface area contributed by atoms with E-state index in [0.29, 0.717) is 47.9 Å². The summed E-state index contributed by atoms with van der Waals surface area (Å²) in [6, 6.07) is 5.30. The van der Waals surface area contributed by atoms with E-state index in [2.05, 4.69) is 35.7 Å². The summed E-state index contributed by atoms with van der Waals surface area (Å²) in [5, 5.41) is 4.91. The minimum atomic E-state index is -3.73. The van der Waals surface area contributed by atoms with Crippen LogP contribution in [0.15, 0.2) is 52.4 Å². The summed E-state index contributed by atoms with van der Waals surface area (Å²) >= 11 is 9.70. The van der Waals surface area contributed by atoms with Crippen molar-refractivity contribution in [1.82, 2.24) is 24.5 Å². The molecule has 1 saturated heterocycles. The van der Waals surface area contributed by atoms with Gasteiger partial charge in [0.15, 0.2) is 0 Å². The fraction of sp³-hybridized carbons (Fsp3) is 0.409. The average Bonchev–Trinajstić information content (AvgIpc) is 3.22. The van der Waals surface area contributed by atoms with Gasteiger partial charge in [0.05, 0.1) is 16.9 Å². The Balaban J connectivity index is 1.43. The van der Waals surface area contributed by atoms with Crippen molar-refractivity contribution >= 4 is 43.4 Å². The summed E-state index contributed by atoms with van der Waals surface area (Å²) < 4.78 is 31.4. The van der Waals surface area contributed by atoms with Crippen molar-refractivity contribution in [3.63, 3.8) is 0 Å². The maximum atomic E-state index is 13.1. The van der Waals surface area contributed by atoms with Gasteiger partial charge >= 0.3 is 0 Å². The highest BCUT2D eigenvalue weighted by Gasteiger charge is 2.28. The van der Waals surface area contributed by atoms with E-state index in [-0.39, 0.29) is 10.8 Å². The molecule has 4 rings (SSSR count). The number of nitrogens with zero attached hydrogens (tertiary/aromatic N) is 5. The minimum Gasteiger partial charge on any atom is -0.355 e. The zero-order valence-electron chi connectivity index (χ0n) is 18.3. The Bertz CT molecular complexity index is 1210. The Morgan fingerprint density at radius 2 is 2.03 bits per heavy atom. The monoisotopic (exact) mass is 552 g/mol. The second-order valence-electron chi connectivity index (χ2n) is 8.14. The number of halogens is 2. The number of hydrogen-bond donors (Lipinski definition) is 1. The molecule has 1 aliphatic heterocycles. The van der Waals surface area contributed by atoms with Crippen LogP contribution in [0.1, 0.15) is 36.4 Å². The summed E-state index contributed by atoms with van der Waals surface area (Å²) in [5.41, 5.74) is 1.99. The molecule has 11 heteroatoms. The molecule has 0 amide bonds. The Morgan fingerprint density at radius 1 is 1.24 bits per heavy atom. The van der Waals surface area contributed by atoms with Crippen LogP contribution in [-0.4, -0.2) is 47.8 Å². The molecule has 0 spiro atoms. The van der Waals surface area contributed by atoms with Gasteiger partial charge in [0.25, 0.3) is 0 Å². The molecular formula is C22H26BrClN6O2S. The molecule has 1 N–H and O–H groups in total. The van der Waals surface area contributed by atoms with Crippen LogP contribution < -0.4 is 9.62 Å². The Hall–Kier alpha value is -2.01. The van der Waals surface area contributed by atoms with Crippen molar-refractivity contribution in [1.29, 1.82) is 0 Å². The van der Waals surface area contributed by atoms with Crippen LogP contribution in [0.4, 0.5) is 5.82 Å². The van der Waals surface area contributed by atoms with Gasteiger partial charge in [-0.3, -0.25) is 9.67 Å². The lowest BCUT2D eigenvalue weighted by Gasteiger charge is -2.33. The van der Waals surface area contributed by atoms with Crippen molar-refractivity contribution in [2.45, 2.75) is 43.5 Å². The van der Waals surface area contributed by atoms with E-state index in [1.54, 1.807) is 24.7 Å². The average molecular weight is 554 g/mol. The molecule has 4 heterocycles. The molecule has 0 unspecified atom stereocenters. The largest absolute Gasteiger partial charge is 0.355 e. The van der Waals surface area contributed by atoms with Gasteiger partial charge in [-0.05, 0) is 65.9 Å². The quantitative estimate of drug-likeness (QED) is 0.421. The number of rotatable bonds is 8. The number of pyridine rings is 2. The second-order valence-corrected chi connectivity index (χ2v) is 11.2. The van der Waals surface area contributed by atoms with Gasteiger partial charge in [-0.1, -0.05) is 11.6 Å². The van der Waals surface area contributed by atoms with Crippen molar-refractivity contribution in [2.24, 2.45) is 0 Å². The molecule has 0 bridgehead atoms. The van der Waals surface area contributed by atoms with Gasteiger partial charge in [-0.15, -0.1) is 0 Å². The van der Waals surface area contributed by atoms with E-state index >= 15 is 0 Å². The Labute approximate surface area is 207 Å². The van der Waals surface area contributed by atoms with E-state index in [0.717, 1.165) is 24.1 Å². The predicted molar refractivity (Wildman–Crippen MR) is 132 cm³/mol. The molecule has 0 aromatic carbocycles. The third-order valence-corrected chi connectivity index (χ3v) is 7.89. The summed E-state index contributed by atoms with van der Waals surface area (Å²) in [6.45, 7) is 4.28. The van der Waals surface area contributed by atoms with E-state index in [4.69, 9.17) is 11.6 Å². The van der Waals surface area contributed by atoms with Crippen molar-refractivity contribution in [3.8, 4) is 0 Å². The first-order valence-corrected chi connectivity index (χ1v) is 13.5. The predicted octanol–water partition coefficient (Wildman–Crippen LogP) is 4.15. The maximum Gasteiger partial charge on any atom is 0.244 e. The van der Waals surface area contributed by atoms with Gasteiger partial charge in [0, 0.05) is 55.2 Å². The van der Waals surface area contributed by atoms with Gasteiger partial charge in [-0.2, -0.15) is 5.10 Å². The Morgan fingerprint density at radius 3 is 2.73 bits per heavy atom. The smallest absolute Gasteiger partial charge is 0.244 e. The number of anilines is 1. The van der Waals surface area contributed by atoms with Crippen LogP contribution in [0.2, 0.25) is 5.02 Å². The Kier molecular flexibility index (Phi) is 7.68. The number of piperidine rings is 1. The number of nitrogens with one attached hydrogen (secondary N) is 1. The van der Waals surface area contributed by atoms with Gasteiger partial charge < -0.3 is 4.90 Å². The van der Waals surface area contributed by atoms with Crippen LogP contribution in [-0.2, 0) is 16.6 Å². The van der Waals surface area contributed by atoms with Crippen molar-refractivity contribution in [2.75, 3.05) is 24.5 Å². The van der Waals surface area contributed by atoms with Crippen LogP contribution in [0, 0.1) is 6.92 Å². The van der Waals surface area contributed by atoms with Crippen LogP contribution in [0.5, 0.6) is 0 Å². The highest BCUT2D eigenvalue weighted by Crippen LogP contribution is 2.34. The molecule has 1 aliphatic rings. The van der Waals surface area contributed by atoms with E-state index in [9.17, 15) is 8.42 Å². The highest BCUT2D eigenvalue weighted by molar-refractivity contribution is 9.10. The zero-order valence-corrected chi connectivity index (χ0v) is 21.4. The first-order valence-electron chi connectivity index (χ1n) is 10.8. The first-order chi connectivity index (χ1) is 15.8. The lowest BCUT2D eigenvalue weighted by atomic mass is 9.93. The normalized spacial score (nSPS) is 15.2. The number of sulfonamides is 1. The highest BCUT2D eigenvalue weighted by atomic mass is 79.9. The summed E-state index contributed by atoms with van der Waals surface area (Å²) in [5.74, 6) is 0.716. The molecule has 33 heavy (non-hydrogen) atoms. The minimum absolute atomic E-state index is 0.182. The molecule has 8 nitrogen and oxygen atoms in total. The molecule has 0 saturated carbocycles. The topological polar surface area (TPSA) is 93.0 Å². The molecule has 0 aliphatic carbocycles. The van der Waals surface area contributed by atoms with Crippen LogP contribution in [0.25, 0.3) is 0 Å². The van der Waals surface area contributed by atoms with Gasteiger partial charge in [0.1, 0.15) is 10.7 Å². The standard InChI is InChI=1S/C22H26BrClN6O2S/c1-16-13-27-30(15-16)9-3-8-28-33(31,32)20-12-18(23)14-26-22(20)29-10-5-17(6-11-29)21-19(24)4-2-7-25-21/h2,4,7,12-15,17,28H,3,5-6,8-11H2,1H3. The third kappa shape index (κ3) is 5.92. The lowest BCUT2D eigenvalue weighted by molar-refractivity contribution is 0.491. The maximum absolute atomic E-state index is 13.1.